The van der Waals surface area contributed by atoms with E-state index >= 15 is 0 Å². The molecule has 0 radical (unpaired) electrons. The van der Waals surface area contributed by atoms with E-state index in [0.29, 0.717) is 5.82 Å². The number of nitrogens with zero attached hydrogens (tertiary/aromatic N) is 6. The molecule has 3 heterocycles. The van der Waals surface area contributed by atoms with Gasteiger partial charge in [-0.2, -0.15) is 0 Å². The summed E-state index contributed by atoms with van der Waals surface area (Å²) in [6.45, 7) is 0. The van der Waals surface area contributed by atoms with Crippen molar-refractivity contribution in [1.29, 1.82) is 0 Å². The lowest BCUT2D eigenvalue weighted by atomic mass is 10.2. The summed E-state index contributed by atoms with van der Waals surface area (Å²) in [5, 5.41) is 9.12. The van der Waals surface area contributed by atoms with Crippen LogP contribution in [0.5, 0.6) is 0 Å². The average molecular weight is 274 g/mol. The van der Waals surface area contributed by atoms with Crippen LogP contribution in [0.4, 0.5) is 0 Å². The predicted octanol–water partition coefficient (Wildman–Crippen LogP) is 2.27. The maximum Gasteiger partial charge on any atom is 0.172 e. The van der Waals surface area contributed by atoms with Crippen LogP contribution in [0, 0.1) is 0 Å². The Hall–Kier alpha value is -3.15. The average Bonchev–Trinajstić information content (AvgIpc) is 3.04. The van der Waals surface area contributed by atoms with Gasteiger partial charge in [0.25, 0.3) is 0 Å². The summed E-state index contributed by atoms with van der Waals surface area (Å²) < 4.78 is 1.92. The maximum absolute atomic E-state index is 4.34. The number of aromatic nitrogens is 6. The summed E-state index contributed by atoms with van der Waals surface area (Å²) in [4.78, 5) is 12.6. The SMILES string of the molecule is c1ccc(-n2cnnc2-c2cncc3cncnc23)cc1. The standard InChI is InChI=1S/C15H10N6/c1-2-4-12(5-3-1)21-10-19-20-15(21)13-8-16-6-11-7-17-9-18-14(11)13/h1-10H. The minimum Gasteiger partial charge on any atom is -0.282 e. The summed E-state index contributed by atoms with van der Waals surface area (Å²) in [6, 6.07) is 9.92. The highest BCUT2D eigenvalue weighted by atomic mass is 15.3. The molecule has 1 aromatic carbocycles. The van der Waals surface area contributed by atoms with Crippen LogP contribution in [0.3, 0.4) is 0 Å². The summed E-state index contributed by atoms with van der Waals surface area (Å²) >= 11 is 0. The summed E-state index contributed by atoms with van der Waals surface area (Å²) in [7, 11) is 0. The first-order valence-electron chi connectivity index (χ1n) is 6.43. The molecule has 0 saturated heterocycles. The molecule has 0 bridgehead atoms. The molecule has 0 N–H and O–H groups in total. The van der Waals surface area contributed by atoms with Crippen molar-refractivity contribution in [2.24, 2.45) is 0 Å². The normalized spacial score (nSPS) is 10.9. The molecule has 0 aliphatic carbocycles. The van der Waals surface area contributed by atoms with Gasteiger partial charge >= 0.3 is 0 Å². The first-order chi connectivity index (χ1) is 10.4. The molecule has 3 aromatic heterocycles. The Bertz CT molecular complexity index is 895. The molecule has 0 saturated carbocycles. The van der Waals surface area contributed by atoms with E-state index in [2.05, 4.69) is 25.1 Å². The third-order valence-electron chi connectivity index (χ3n) is 3.24. The highest BCUT2D eigenvalue weighted by molar-refractivity contribution is 5.90. The molecule has 21 heavy (non-hydrogen) atoms. The fraction of sp³-hybridized carbons (Fsp3) is 0. The second-order valence-electron chi connectivity index (χ2n) is 4.51. The van der Waals surface area contributed by atoms with Crippen molar-refractivity contribution in [3.63, 3.8) is 0 Å². The van der Waals surface area contributed by atoms with E-state index in [9.17, 15) is 0 Å². The number of pyridine rings is 1. The molecular formula is C15H10N6. The van der Waals surface area contributed by atoms with E-state index < -0.39 is 0 Å². The van der Waals surface area contributed by atoms with Crippen molar-refractivity contribution >= 4 is 10.9 Å². The van der Waals surface area contributed by atoms with Crippen LogP contribution in [0.15, 0.2) is 61.6 Å². The zero-order valence-electron chi connectivity index (χ0n) is 11.0. The zero-order chi connectivity index (χ0) is 14.1. The van der Waals surface area contributed by atoms with Gasteiger partial charge in [0, 0.05) is 29.7 Å². The van der Waals surface area contributed by atoms with Gasteiger partial charge in [-0.15, -0.1) is 10.2 Å². The van der Waals surface area contributed by atoms with Crippen molar-refractivity contribution in [3.8, 4) is 17.1 Å². The lowest BCUT2D eigenvalue weighted by Gasteiger charge is -2.07. The molecule has 6 heteroatoms. The van der Waals surface area contributed by atoms with Gasteiger partial charge in [-0.3, -0.25) is 9.55 Å². The third kappa shape index (κ3) is 1.93. The molecule has 0 aliphatic heterocycles. The topological polar surface area (TPSA) is 69.4 Å². The Morgan fingerprint density at radius 1 is 0.905 bits per heavy atom. The highest BCUT2D eigenvalue weighted by Gasteiger charge is 2.13. The lowest BCUT2D eigenvalue weighted by Crippen LogP contribution is -1.98. The summed E-state index contributed by atoms with van der Waals surface area (Å²) in [5.74, 6) is 0.706. The van der Waals surface area contributed by atoms with Gasteiger partial charge < -0.3 is 0 Å². The van der Waals surface area contributed by atoms with Crippen LogP contribution in [0.2, 0.25) is 0 Å². The maximum atomic E-state index is 4.34. The molecular weight excluding hydrogens is 264 g/mol. The van der Waals surface area contributed by atoms with Crippen molar-refractivity contribution in [2.45, 2.75) is 0 Å². The molecule has 100 valence electrons. The molecule has 0 unspecified atom stereocenters. The molecule has 0 amide bonds. The summed E-state index contributed by atoms with van der Waals surface area (Å²) in [6.07, 6.45) is 8.43. The molecule has 4 aromatic rings. The van der Waals surface area contributed by atoms with E-state index in [0.717, 1.165) is 22.2 Å². The minimum atomic E-state index is 0.706. The zero-order valence-corrected chi connectivity index (χ0v) is 11.0. The number of fused-ring (bicyclic) bond motifs is 1. The highest BCUT2D eigenvalue weighted by Crippen LogP contribution is 2.25. The number of hydrogen-bond donors (Lipinski definition) is 0. The van der Waals surface area contributed by atoms with Crippen molar-refractivity contribution < 1.29 is 0 Å². The second kappa shape index (κ2) is 4.75. The number of para-hydroxylation sites is 1. The number of hydrogen-bond acceptors (Lipinski definition) is 5. The minimum absolute atomic E-state index is 0.706. The molecule has 0 spiro atoms. The van der Waals surface area contributed by atoms with E-state index in [-0.39, 0.29) is 0 Å². The number of rotatable bonds is 2. The van der Waals surface area contributed by atoms with E-state index in [1.165, 1.54) is 6.33 Å². The molecule has 6 nitrogen and oxygen atoms in total. The van der Waals surface area contributed by atoms with Crippen LogP contribution in [-0.4, -0.2) is 29.7 Å². The van der Waals surface area contributed by atoms with Gasteiger partial charge in [-0.05, 0) is 12.1 Å². The Morgan fingerprint density at radius 3 is 2.67 bits per heavy atom. The van der Waals surface area contributed by atoms with Crippen molar-refractivity contribution in [1.82, 2.24) is 29.7 Å². The molecule has 0 fully saturated rings. The summed E-state index contributed by atoms with van der Waals surface area (Å²) in [5.41, 5.74) is 2.63. The Balaban J connectivity index is 1.97. The van der Waals surface area contributed by atoms with Crippen LogP contribution in [-0.2, 0) is 0 Å². The quantitative estimate of drug-likeness (QED) is 0.561. The van der Waals surface area contributed by atoms with Crippen molar-refractivity contribution in [3.05, 3.63) is 61.6 Å². The fourth-order valence-corrected chi connectivity index (χ4v) is 2.27. The van der Waals surface area contributed by atoms with Crippen molar-refractivity contribution in [2.75, 3.05) is 0 Å². The monoisotopic (exact) mass is 274 g/mol. The molecule has 0 atom stereocenters. The third-order valence-corrected chi connectivity index (χ3v) is 3.24. The Labute approximate surface area is 120 Å². The molecule has 4 rings (SSSR count). The van der Waals surface area contributed by atoms with Gasteiger partial charge in [-0.25, -0.2) is 9.97 Å². The Morgan fingerprint density at radius 2 is 1.76 bits per heavy atom. The first kappa shape index (κ1) is 11.7. The van der Waals surface area contributed by atoms with Gasteiger partial charge in [0.2, 0.25) is 0 Å². The largest absolute Gasteiger partial charge is 0.282 e. The van der Waals surface area contributed by atoms with Crippen LogP contribution < -0.4 is 0 Å². The van der Waals surface area contributed by atoms with E-state index in [1.54, 1.807) is 24.9 Å². The van der Waals surface area contributed by atoms with Gasteiger partial charge in [0.15, 0.2) is 5.82 Å². The van der Waals surface area contributed by atoms with Gasteiger partial charge in [0.1, 0.15) is 12.7 Å². The fourth-order valence-electron chi connectivity index (χ4n) is 2.27. The first-order valence-corrected chi connectivity index (χ1v) is 6.43. The molecule has 0 aliphatic rings. The van der Waals surface area contributed by atoms with E-state index in [4.69, 9.17) is 0 Å². The van der Waals surface area contributed by atoms with Crippen LogP contribution >= 0.6 is 0 Å². The van der Waals surface area contributed by atoms with E-state index in [1.807, 2.05) is 34.9 Å². The number of benzene rings is 1. The predicted molar refractivity (Wildman–Crippen MR) is 77.7 cm³/mol. The smallest absolute Gasteiger partial charge is 0.172 e. The lowest BCUT2D eigenvalue weighted by molar-refractivity contribution is 1.06. The van der Waals surface area contributed by atoms with Gasteiger partial charge in [-0.1, -0.05) is 18.2 Å². The Kier molecular flexibility index (Phi) is 2.64. The van der Waals surface area contributed by atoms with Crippen LogP contribution in [0.25, 0.3) is 28.0 Å². The van der Waals surface area contributed by atoms with Crippen LogP contribution in [0.1, 0.15) is 0 Å². The second-order valence-corrected chi connectivity index (χ2v) is 4.51. The van der Waals surface area contributed by atoms with Gasteiger partial charge in [0.05, 0.1) is 11.1 Å².